The summed E-state index contributed by atoms with van der Waals surface area (Å²) in [6.45, 7) is 1.33. The van der Waals surface area contributed by atoms with Crippen LogP contribution in [0, 0.1) is 6.92 Å². The number of rotatable bonds is 5. The molecule has 0 N–H and O–H groups in total. The lowest BCUT2D eigenvalue weighted by molar-refractivity contribution is -0.143. The molecule has 0 bridgehead atoms. The fourth-order valence-corrected chi connectivity index (χ4v) is 2.68. The first kappa shape index (κ1) is 16.0. The first-order valence-electron chi connectivity index (χ1n) is 7.59. The number of halogens is 3. The predicted molar refractivity (Wildman–Crippen MR) is 75.8 cm³/mol. The van der Waals surface area contributed by atoms with Crippen LogP contribution >= 0.6 is 0 Å². The van der Waals surface area contributed by atoms with Crippen LogP contribution in [0.2, 0.25) is 0 Å². The summed E-state index contributed by atoms with van der Waals surface area (Å²) in [6.07, 6.45) is -1.27. The molecule has 0 aliphatic carbocycles. The maximum Gasteiger partial charge on any atom is 0.408 e. The molecule has 2 aromatic rings. The molecule has 0 radical (unpaired) electrons. The van der Waals surface area contributed by atoms with Crippen molar-refractivity contribution in [1.82, 2.24) is 14.8 Å². The van der Waals surface area contributed by atoms with E-state index in [2.05, 4.69) is 10.1 Å². The fourth-order valence-electron chi connectivity index (χ4n) is 2.68. The maximum absolute atomic E-state index is 12.7. The Balaban J connectivity index is 1.80. The molecule has 1 saturated heterocycles. The van der Waals surface area contributed by atoms with Gasteiger partial charge in [-0.3, -0.25) is 0 Å². The number of hydrogen-bond donors (Lipinski definition) is 0. The zero-order valence-corrected chi connectivity index (χ0v) is 12.8. The normalized spacial score (nSPS) is 18.7. The van der Waals surface area contributed by atoms with Crippen molar-refractivity contribution in [2.45, 2.75) is 51.4 Å². The molecule has 1 atom stereocenters. The minimum absolute atomic E-state index is 0.0975. The average molecular weight is 329 g/mol. The first-order valence-corrected chi connectivity index (χ1v) is 7.59. The highest BCUT2D eigenvalue weighted by Gasteiger charge is 2.31. The quantitative estimate of drug-likeness (QED) is 0.842. The highest BCUT2D eigenvalue weighted by atomic mass is 19.4. The highest BCUT2D eigenvalue weighted by molar-refractivity contribution is 5.46. The summed E-state index contributed by atoms with van der Waals surface area (Å²) in [5.41, 5.74) is 0. The van der Waals surface area contributed by atoms with Gasteiger partial charge in [0.05, 0.1) is 6.10 Å². The summed E-state index contributed by atoms with van der Waals surface area (Å²) in [4.78, 5) is 4.24. The van der Waals surface area contributed by atoms with E-state index < -0.39 is 12.7 Å². The van der Waals surface area contributed by atoms with Gasteiger partial charge < -0.3 is 9.15 Å². The van der Waals surface area contributed by atoms with Gasteiger partial charge in [0.25, 0.3) is 0 Å². The van der Waals surface area contributed by atoms with Crippen LogP contribution < -0.4 is 0 Å². The summed E-state index contributed by atoms with van der Waals surface area (Å²) in [5.74, 6) is 1.53. The van der Waals surface area contributed by atoms with Crippen molar-refractivity contribution < 1.29 is 22.3 Å². The second-order valence-electron chi connectivity index (χ2n) is 5.71. The van der Waals surface area contributed by atoms with E-state index >= 15 is 0 Å². The van der Waals surface area contributed by atoms with Crippen LogP contribution in [0.1, 0.15) is 30.8 Å². The molecule has 126 valence electrons. The summed E-state index contributed by atoms with van der Waals surface area (Å²) in [5, 5.41) is 3.98. The number of aryl methyl sites for hydroxylation is 2. The molecule has 2 aromatic heterocycles. The van der Waals surface area contributed by atoms with Crippen molar-refractivity contribution in [2.75, 3.05) is 6.61 Å². The van der Waals surface area contributed by atoms with Gasteiger partial charge in [-0.2, -0.15) is 13.2 Å². The molecule has 1 fully saturated rings. The topological polar surface area (TPSA) is 53.1 Å². The fraction of sp³-hybridized carbons (Fsp3) is 0.600. The maximum atomic E-state index is 12.7. The Bertz CT molecular complexity index is 657. The number of hydrogen-bond acceptors (Lipinski definition) is 4. The zero-order valence-electron chi connectivity index (χ0n) is 12.8. The van der Waals surface area contributed by atoms with Gasteiger partial charge in [0.1, 0.15) is 18.1 Å². The van der Waals surface area contributed by atoms with Crippen molar-refractivity contribution in [2.24, 2.45) is 0 Å². The molecular formula is C15H18F3N3O2. The third-order valence-corrected chi connectivity index (χ3v) is 3.75. The van der Waals surface area contributed by atoms with Gasteiger partial charge in [0, 0.05) is 13.0 Å². The minimum Gasteiger partial charge on any atom is -0.458 e. The van der Waals surface area contributed by atoms with E-state index in [9.17, 15) is 13.2 Å². The van der Waals surface area contributed by atoms with Gasteiger partial charge in [-0.15, -0.1) is 5.10 Å². The van der Waals surface area contributed by atoms with Gasteiger partial charge in [0.15, 0.2) is 5.76 Å². The van der Waals surface area contributed by atoms with E-state index in [1.165, 1.54) is 0 Å². The molecule has 0 amide bonds. The second-order valence-corrected chi connectivity index (χ2v) is 5.71. The van der Waals surface area contributed by atoms with Crippen molar-refractivity contribution in [1.29, 1.82) is 0 Å². The molecule has 0 aromatic carbocycles. The van der Waals surface area contributed by atoms with Crippen LogP contribution in [-0.4, -0.2) is 33.7 Å². The first-order chi connectivity index (χ1) is 10.9. The van der Waals surface area contributed by atoms with E-state index in [0.717, 1.165) is 24.1 Å². The van der Waals surface area contributed by atoms with Crippen molar-refractivity contribution in [3.63, 3.8) is 0 Å². The largest absolute Gasteiger partial charge is 0.458 e. The molecule has 1 aliphatic rings. The van der Waals surface area contributed by atoms with Crippen LogP contribution in [-0.2, 0) is 17.7 Å². The second kappa shape index (κ2) is 6.35. The van der Waals surface area contributed by atoms with E-state index in [4.69, 9.17) is 9.15 Å². The molecule has 0 saturated carbocycles. The van der Waals surface area contributed by atoms with E-state index in [0.29, 0.717) is 30.2 Å². The standard InChI is InChI=1S/C15H18F3N3O2/c1-10-4-6-12(23-10)14-19-13(7-5-11-3-2-8-22-11)21(20-14)9-15(16,17)18/h4,6,11H,2-3,5,7-9H2,1H3/t11-/m0/s1. The third kappa shape index (κ3) is 4.13. The molecule has 3 rings (SSSR count). The smallest absolute Gasteiger partial charge is 0.408 e. The molecule has 1 aliphatic heterocycles. The summed E-state index contributed by atoms with van der Waals surface area (Å²) in [6, 6.07) is 3.39. The molecule has 0 unspecified atom stereocenters. The Morgan fingerprint density at radius 3 is 2.78 bits per heavy atom. The van der Waals surface area contributed by atoms with Gasteiger partial charge in [-0.05, 0) is 38.3 Å². The lowest BCUT2D eigenvalue weighted by Gasteiger charge is -2.11. The number of furan rings is 1. The van der Waals surface area contributed by atoms with E-state index in [1.807, 2.05) is 0 Å². The van der Waals surface area contributed by atoms with E-state index in [1.54, 1.807) is 19.1 Å². The van der Waals surface area contributed by atoms with Gasteiger partial charge in [-0.1, -0.05) is 0 Å². The molecule has 0 spiro atoms. The third-order valence-electron chi connectivity index (χ3n) is 3.75. The Labute approximate surface area is 131 Å². The van der Waals surface area contributed by atoms with Crippen LogP contribution in [0.4, 0.5) is 13.2 Å². The Morgan fingerprint density at radius 1 is 1.35 bits per heavy atom. The molecular weight excluding hydrogens is 311 g/mol. The summed E-state index contributed by atoms with van der Waals surface area (Å²) < 4.78 is 50.1. The number of ether oxygens (including phenoxy) is 1. The monoisotopic (exact) mass is 329 g/mol. The Kier molecular flexibility index (Phi) is 4.43. The number of aromatic nitrogens is 3. The van der Waals surface area contributed by atoms with Gasteiger partial charge in [-0.25, -0.2) is 9.67 Å². The predicted octanol–water partition coefficient (Wildman–Crippen LogP) is 3.52. The summed E-state index contributed by atoms with van der Waals surface area (Å²) >= 11 is 0. The van der Waals surface area contributed by atoms with Gasteiger partial charge in [0.2, 0.25) is 5.82 Å². The van der Waals surface area contributed by atoms with Crippen LogP contribution in [0.3, 0.4) is 0 Å². The van der Waals surface area contributed by atoms with Crippen LogP contribution in [0.25, 0.3) is 11.6 Å². The van der Waals surface area contributed by atoms with Crippen LogP contribution in [0.15, 0.2) is 16.5 Å². The number of alkyl halides is 3. The molecule has 5 nitrogen and oxygen atoms in total. The van der Waals surface area contributed by atoms with Gasteiger partial charge >= 0.3 is 6.18 Å². The van der Waals surface area contributed by atoms with Crippen molar-refractivity contribution in [3.8, 4) is 11.6 Å². The van der Waals surface area contributed by atoms with E-state index in [-0.39, 0.29) is 11.9 Å². The van der Waals surface area contributed by atoms with Crippen molar-refractivity contribution >= 4 is 0 Å². The zero-order chi connectivity index (χ0) is 16.4. The highest BCUT2D eigenvalue weighted by Crippen LogP contribution is 2.24. The molecule has 23 heavy (non-hydrogen) atoms. The molecule has 3 heterocycles. The lowest BCUT2D eigenvalue weighted by Crippen LogP contribution is -2.21. The van der Waals surface area contributed by atoms with Crippen LogP contribution in [0.5, 0.6) is 0 Å². The molecule has 8 heteroatoms. The number of nitrogens with zero attached hydrogens (tertiary/aromatic N) is 3. The Hall–Kier alpha value is -1.83. The van der Waals surface area contributed by atoms with Crippen molar-refractivity contribution in [3.05, 3.63) is 23.7 Å². The SMILES string of the molecule is Cc1ccc(-c2nc(CC[C@@H]3CCCO3)n(CC(F)(F)F)n2)o1. The minimum atomic E-state index is -4.34. The average Bonchev–Trinajstić information content (AvgIpc) is 3.15. The lowest BCUT2D eigenvalue weighted by atomic mass is 10.1. The summed E-state index contributed by atoms with van der Waals surface area (Å²) in [7, 11) is 0. The Morgan fingerprint density at radius 2 is 2.17 bits per heavy atom.